The molecule has 0 saturated heterocycles. The minimum atomic E-state index is -0.233. The number of hydrogen-bond donors (Lipinski definition) is 2. The predicted octanol–water partition coefficient (Wildman–Crippen LogP) is 2.59. The maximum absolute atomic E-state index is 11.2. The van der Waals surface area contributed by atoms with Gasteiger partial charge in [-0.05, 0) is 30.2 Å². The van der Waals surface area contributed by atoms with Crippen LogP contribution in [-0.4, -0.2) is 17.4 Å². The lowest BCUT2D eigenvalue weighted by atomic mass is 10.1. The van der Waals surface area contributed by atoms with E-state index in [1.807, 2.05) is 25.1 Å². The molecule has 0 radical (unpaired) electrons. The minimum absolute atomic E-state index is 0.0365. The van der Waals surface area contributed by atoms with Gasteiger partial charge in [0.2, 0.25) is 5.91 Å². The van der Waals surface area contributed by atoms with Crippen molar-refractivity contribution in [3.05, 3.63) is 45.4 Å². The molecule has 0 saturated carbocycles. The molecule has 0 atom stereocenters. The highest BCUT2D eigenvalue weighted by molar-refractivity contribution is 7.15. The maximum atomic E-state index is 11.2. The Morgan fingerprint density at radius 3 is 3.00 bits per heavy atom. The summed E-state index contributed by atoms with van der Waals surface area (Å²) in [5.41, 5.74) is 7.58. The number of benzene rings is 1. The molecule has 19 heavy (non-hydrogen) atoms. The number of nitrogens with two attached hydrogens (primary N) is 1. The van der Waals surface area contributed by atoms with Crippen LogP contribution in [0.25, 0.3) is 0 Å². The van der Waals surface area contributed by atoms with Crippen molar-refractivity contribution in [1.82, 2.24) is 4.98 Å². The summed E-state index contributed by atoms with van der Waals surface area (Å²) < 4.78 is 0. The first-order valence-electron chi connectivity index (χ1n) is 5.78. The summed E-state index contributed by atoms with van der Waals surface area (Å²) in [4.78, 5) is 16.4. The SMILES string of the molecule is Cc1cc(Cl)ccc1Cc1cnc(NC(=O)CN)s1. The van der Waals surface area contributed by atoms with Gasteiger partial charge in [0.15, 0.2) is 5.13 Å². The first kappa shape index (κ1) is 14.0. The lowest BCUT2D eigenvalue weighted by molar-refractivity contribution is -0.114. The van der Waals surface area contributed by atoms with E-state index < -0.39 is 0 Å². The first-order chi connectivity index (χ1) is 9.08. The highest BCUT2D eigenvalue weighted by atomic mass is 35.5. The van der Waals surface area contributed by atoms with Crippen molar-refractivity contribution < 1.29 is 4.79 Å². The molecule has 0 aliphatic carbocycles. The summed E-state index contributed by atoms with van der Waals surface area (Å²) in [5.74, 6) is -0.233. The molecule has 0 bridgehead atoms. The lowest BCUT2D eigenvalue weighted by Crippen LogP contribution is -2.21. The van der Waals surface area contributed by atoms with Crippen molar-refractivity contribution >= 4 is 34.0 Å². The molecule has 2 aromatic rings. The normalized spacial score (nSPS) is 10.5. The van der Waals surface area contributed by atoms with E-state index in [-0.39, 0.29) is 12.5 Å². The Hall–Kier alpha value is -1.43. The average molecular weight is 296 g/mol. The van der Waals surface area contributed by atoms with Crippen LogP contribution in [0.2, 0.25) is 5.02 Å². The van der Waals surface area contributed by atoms with Gasteiger partial charge in [-0.15, -0.1) is 11.3 Å². The zero-order valence-electron chi connectivity index (χ0n) is 10.4. The zero-order valence-corrected chi connectivity index (χ0v) is 12.0. The van der Waals surface area contributed by atoms with E-state index in [0.717, 1.165) is 21.9 Å². The Bertz CT molecular complexity index is 597. The van der Waals surface area contributed by atoms with Crippen LogP contribution in [0.3, 0.4) is 0 Å². The van der Waals surface area contributed by atoms with Crippen LogP contribution in [0.5, 0.6) is 0 Å². The van der Waals surface area contributed by atoms with Gasteiger partial charge in [0.05, 0.1) is 6.54 Å². The first-order valence-corrected chi connectivity index (χ1v) is 6.97. The van der Waals surface area contributed by atoms with Crippen LogP contribution < -0.4 is 11.1 Å². The molecule has 6 heteroatoms. The summed E-state index contributed by atoms with van der Waals surface area (Å²) >= 11 is 7.38. The zero-order chi connectivity index (χ0) is 13.8. The summed E-state index contributed by atoms with van der Waals surface area (Å²) in [6.07, 6.45) is 2.55. The van der Waals surface area contributed by atoms with Crippen molar-refractivity contribution in [1.29, 1.82) is 0 Å². The number of hydrogen-bond acceptors (Lipinski definition) is 4. The molecule has 0 aliphatic rings. The van der Waals surface area contributed by atoms with E-state index in [0.29, 0.717) is 5.13 Å². The molecule has 1 aromatic heterocycles. The summed E-state index contributed by atoms with van der Waals surface area (Å²) in [6.45, 7) is 1.99. The van der Waals surface area contributed by atoms with E-state index in [1.54, 1.807) is 6.20 Å². The number of nitrogens with one attached hydrogen (secondary N) is 1. The molecule has 4 nitrogen and oxygen atoms in total. The number of rotatable bonds is 4. The van der Waals surface area contributed by atoms with Gasteiger partial charge in [-0.3, -0.25) is 4.79 Å². The van der Waals surface area contributed by atoms with Crippen LogP contribution in [0.1, 0.15) is 16.0 Å². The Morgan fingerprint density at radius 1 is 1.53 bits per heavy atom. The fraction of sp³-hybridized carbons (Fsp3) is 0.231. The number of carbonyl (C=O) groups is 1. The number of aryl methyl sites for hydroxylation is 1. The van der Waals surface area contributed by atoms with Crippen LogP contribution in [0, 0.1) is 6.92 Å². The molecule has 0 unspecified atom stereocenters. The number of thiazole rings is 1. The van der Waals surface area contributed by atoms with Crippen LogP contribution in [0.4, 0.5) is 5.13 Å². The second kappa shape index (κ2) is 6.14. The third-order valence-electron chi connectivity index (χ3n) is 2.65. The molecule has 100 valence electrons. The van der Waals surface area contributed by atoms with Crippen molar-refractivity contribution in [2.45, 2.75) is 13.3 Å². The molecule has 2 rings (SSSR count). The summed E-state index contributed by atoms with van der Waals surface area (Å²) in [7, 11) is 0. The quantitative estimate of drug-likeness (QED) is 0.911. The van der Waals surface area contributed by atoms with E-state index in [4.69, 9.17) is 17.3 Å². The smallest absolute Gasteiger partial charge is 0.239 e. The number of carbonyl (C=O) groups excluding carboxylic acids is 1. The Morgan fingerprint density at radius 2 is 2.32 bits per heavy atom. The third kappa shape index (κ3) is 3.76. The Kier molecular flexibility index (Phi) is 4.52. The van der Waals surface area contributed by atoms with Crippen molar-refractivity contribution in [2.24, 2.45) is 5.73 Å². The monoisotopic (exact) mass is 295 g/mol. The summed E-state index contributed by atoms with van der Waals surface area (Å²) in [5, 5.41) is 3.96. The lowest BCUT2D eigenvalue weighted by Gasteiger charge is -2.04. The maximum Gasteiger partial charge on any atom is 0.239 e. The highest BCUT2D eigenvalue weighted by Crippen LogP contribution is 2.23. The highest BCUT2D eigenvalue weighted by Gasteiger charge is 2.07. The van der Waals surface area contributed by atoms with Gasteiger partial charge >= 0.3 is 0 Å². The average Bonchev–Trinajstić information content (AvgIpc) is 2.80. The third-order valence-corrected chi connectivity index (χ3v) is 3.80. The molecule has 0 spiro atoms. The Labute approximate surface area is 120 Å². The van der Waals surface area contributed by atoms with Crippen molar-refractivity contribution in [3.8, 4) is 0 Å². The molecule has 0 fully saturated rings. The predicted molar refractivity (Wildman–Crippen MR) is 78.8 cm³/mol. The molecule has 0 aliphatic heterocycles. The molecule has 1 aromatic carbocycles. The molecular formula is C13H14ClN3OS. The standard InChI is InChI=1S/C13H14ClN3OS/c1-8-4-10(14)3-2-9(8)5-11-7-16-13(19-11)17-12(18)6-15/h2-4,7H,5-6,15H2,1H3,(H,16,17,18). The number of nitrogens with zero attached hydrogens (tertiary/aromatic N) is 1. The second-order valence-corrected chi connectivity index (χ2v) is 5.68. The molecular weight excluding hydrogens is 282 g/mol. The van der Waals surface area contributed by atoms with Gasteiger partial charge in [0, 0.05) is 22.5 Å². The second-order valence-electron chi connectivity index (χ2n) is 4.13. The van der Waals surface area contributed by atoms with Gasteiger partial charge in [-0.1, -0.05) is 17.7 Å². The largest absolute Gasteiger partial charge is 0.322 e. The van der Waals surface area contributed by atoms with Crippen molar-refractivity contribution in [2.75, 3.05) is 11.9 Å². The molecule has 3 N–H and O–H groups in total. The number of aromatic nitrogens is 1. The summed E-state index contributed by atoms with van der Waals surface area (Å²) in [6, 6.07) is 5.83. The molecule has 1 heterocycles. The van der Waals surface area contributed by atoms with Gasteiger partial charge < -0.3 is 11.1 Å². The van der Waals surface area contributed by atoms with E-state index in [9.17, 15) is 4.79 Å². The van der Waals surface area contributed by atoms with Crippen molar-refractivity contribution in [3.63, 3.8) is 0 Å². The van der Waals surface area contributed by atoms with E-state index >= 15 is 0 Å². The van der Waals surface area contributed by atoms with Gasteiger partial charge in [0.25, 0.3) is 0 Å². The van der Waals surface area contributed by atoms with Gasteiger partial charge in [-0.2, -0.15) is 0 Å². The topological polar surface area (TPSA) is 68.0 Å². The number of halogens is 1. The van der Waals surface area contributed by atoms with E-state index in [1.165, 1.54) is 16.9 Å². The number of anilines is 1. The Balaban J connectivity index is 2.09. The van der Waals surface area contributed by atoms with E-state index in [2.05, 4.69) is 10.3 Å². The van der Waals surface area contributed by atoms with Crippen LogP contribution >= 0.6 is 22.9 Å². The van der Waals surface area contributed by atoms with Crippen LogP contribution in [-0.2, 0) is 11.2 Å². The van der Waals surface area contributed by atoms with Crippen LogP contribution in [0.15, 0.2) is 24.4 Å². The molecule has 1 amide bonds. The fourth-order valence-electron chi connectivity index (χ4n) is 1.66. The minimum Gasteiger partial charge on any atom is -0.322 e. The van der Waals surface area contributed by atoms with Gasteiger partial charge in [0.1, 0.15) is 0 Å². The van der Waals surface area contributed by atoms with Gasteiger partial charge in [-0.25, -0.2) is 4.98 Å². The number of amides is 1. The fourth-order valence-corrected chi connectivity index (χ4v) is 2.74.